The summed E-state index contributed by atoms with van der Waals surface area (Å²) in [6.45, 7) is 5.10. The summed E-state index contributed by atoms with van der Waals surface area (Å²) in [4.78, 5) is 2.10. The number of benzene rings is 1. The van der Waals surface area contributed by atoms with E-state index >= 15 is 0 Å². The highest BCUT2D eigenvalue weighted by Gasteiger charge is 2.36. The minimum Gasteiger partial charge on any atom is -0.314 e. The molecule has 0 bridgehead atoms. The Kier molecular flexibility index (Phi) is 8.46. The molecule has 24 heavy (non-hydrogen) atoms. The molecule has 2 rings (SSSR count). The van der Waals surface area contributed by atoms with Crippen molar-refractivity contribution in [2.24, 2.45) is 0 Å². The topological polar surface area (TPSA) is 15.3 Å². The molecule has 0 aromatic heterocycles. The third-order valence-electron chi connectivity index (χ3n) is 4.37. The van der Waals surface area contributed by atoms with Crippen molar-refractivity contribution in [3.05, 3.63) is 35.1 Å². The van der Waals surface area contributed by atoms with Crippen molar-refractivity contribution in [2.75, 3.05) is 26.2 Å². The molecule has 0 unspecified atom stereocenters. The smallest absolute Gasteiger partial charge is 0.314 e. The van der Waals surface area contributed by atoms with Crippen LogP contribution in [0.25, 0.3) is 0 Å². The number of nitrogens with zero attached hydrogens (tertiary/aromatic N) is 1. The van der Waals surface area contributed by atoms with E-state index in [9.17, 15) is 17.6 Å². The van der Waals surface area contributed by atoms with Crippen LogP contribution < -0.4 is 5.32 Å². The molecule has 138 valence electrons. The molecule has 0 aliphatic carbocycles. The van der Waals surface area contributed by atoms with E-state index in [1.54, 1.807) is 0 Å². The van der Waals surface area contributed by atoms with Crippen LogP contribution in [0.3, 0.4) is 0 Å². The molecular formula is C17H25ClF4N2. The van der Waals surface area contributed by atoms with Crippen LogP contribution in [0.5, 0.6) is 0 Å². The molecule has 2 nitrogen and oxygen atoms in total. The van der Waals surface area contributed by atoms with Gasteiger partial charge in [-0.2, -0.15) is 13.2 Å². The second kappa shape index (κ2) is 9.59. The second-order valence-electron chi connectivity index (χ2n) is 6.00. The first-order valence-electron chi connectivity index (χ1n) is 8.25. The summed E-state index contributed by atoms with van der Waals surface area (Å²) in [5, 5.41) is 3.22. The standard InChI is InChI=1S/C17H24F4N2.ClH/c1-2-3-4-8-15(23-11-9-22-10-12-23)13-6-5-7-14(16(13)18)17(19,20)21;/h5-7,15,22H,2-4,8-12H2,1H3;1H/t15-;/m1./s1. The first-order valence-corrected chi connectivity index (χ1v) is 8.25. The van der Waals surface area contributed by atoms with Crippen molar-refractivity contribution >= 4 is 12.4 Å². The normalized spacial score (nSPS) is 17.4. The third-order valence-corrected chi connectivity index (χ3v) is 4.37. The van der Waals surface area contributed by atoms with Gasteiger partial charge in [0.2, 0.25) is 0 Å². The summed E-state index contributed by atoms with van der Waals surface area (Å²) < 4.78 is 53.5. The summed E-state index contributed by atoms with van der Waals surface area (Å²) in [7, 11) is 0. The number of piperazine rings is 1. The minimum absolute atomic E-state index is 0. The van der Waals surface area contributed by atoms with Crippen LogP contribution in [0.4, 0.5) is 17.6 Å². The van der Waals surface area contributed by atoms with Crippen LogP contribution >= 0.6 is 12.4 Å². The zero-order chi connectivity index (χ0) is 16.9. The Bertz CT molecular complexity index is 502. The average molecular weight is 369 g/mol. The fourth-order valence-corrected chi connectivity index (χ4v) is 3.14. The Labute approximate surface area is 147 Å². The summed E-state index contributed by atoms with van der Waals surface area (Å²) in [6.07, 6.45) is -1.05. The largest absolute Gasteiger partial charge is 0.419 e. The van der Waals surface area contributed by atoms with Crippen LogP contribution in [0.1, 0.15) is 49.8 Å². The van der Waals surface area contributed by atoms with Crippen LogP contribution in [0.2, 0.25) is 0 Å². The van der Waals surface area contributed by atoms with Gasteiger partial charge in [-0.05, 0) is 12.5 Å². The maximum absolute atomic E-state index is 14.5. The average Bonchev–Trinajstić information content (AvgIpc) is 2.52. The molecule has 0 radical (unpaired) electrons. The summed E-state index contributed by atoms with van der Waals surface area (Å²) >= 11 is 0. The molecule has 1 aromatic carbocycles. The first kappa shape index (κ1) is 21.2. The lowest BCUT2D eigenvalue weighted by Gasteiger charge is -2.35. The predicted octanol–water partition coefficient (Wildman–Crippen LogP) is 4.79. The van der Waals surface area contributed by atoms with Gasteiger partial charge in [0, 0.05) is 37.8 Å². The zero-order valence-electron chi connectivity index (χ0n) is 13.8. The molecular weight excluding hydrogens is 344 g/mol. The van der Waals surface area contributed by atoms with Gasteiger partial charge >= 0.3 is 6.18 Å². The van der Waals surface area contributed by atoms with Crippen molar-refractivity contribution in [1.82, 2.24) is 10.2 Å². The van der Waals surface area contributed by atoms with Gasteiger partial charge in [0.1, 0.15) is 5.82 Å². The third kappa shape index (κ3) is 5.33. The predicted molar refractivity (Wildman–Crippen MR) is 90.0 cm³/mol. The lowest BCUT2D eigenvalue weighted by Crippen LogP contribution is -2.45. The van der Waals surface area contributed by atoms with Gasteiger partial charge < -0.3 is 5.32 Å². The number of unbranched alkanes of at least 4 members (excludes halogenated alkanes) is 2. The van der Waals surface area contributed by atoms with E-state index in [-0.39, 0.29) is 24.0 Å². The molecule has 1 aliphatic heterocycles. The van der Waals surface area contributed by atoms with E-state index in [2.05, 4.69) is 17.1 Å². The second-order valence-corrected chi connectivity index (χ2v) is 6.00. The highest BCUT2D eigenvalue weighted by molar-refractivity contribution is 5.85. The Morgan fingerprint density at radius 3 is 2.42 bits per heavy atom. The van der Waals surface area contributed by atoms with Gasteiger partial charge in [-0.25, -0.2) is 4.39 Å². The van der Waals surface area contributed by atoms with E-state index in [0.717, 1.165) is 51.5 Å². The van der Waals surface area contributed by atoms with Crippen molar-refractivity contribution < 1.29 is 17.6 Å². The van der Waals surface area contributed by atoms with Crippen LogP contribution in [0.15, 0.2) is 18.2 Å². The molecule has 0 amide bonds. The van der Waals surface area contributed by atoms with Crippen molar-refractivity contribution in [2.45, 2.75) is 44.8 Å². The summed E-state index contributed by atoms with van der Waals surface area (Å²) in [5.74, 6) is -1.11. The number of hydrogen-bond acceptors (Lipinski definition) is 2. The van der Waals surface area contributed by atoms with Crippen LogP contribution in [0, 0.1) is 5.82 Å². The Balaban J connectivity index is 0.00000288. The summed E-state index contributed by atoms with van der Waals surface area (Å²) in [6, 6.07) is 3.35. The number of nitrogens with one attached hydrogen (secondary N) is 1. The lowest BCUT2D eigenvalue weighted by atomic mass is 9.95. The van der Waals surface area contributed by atoms with Gasteiger partial charge in [0.25, 0.3) is 0 Å². The van der Waals surface area contributed by atoms with Gasteiger partial charge in [0.05, 0.1) is 5.56 Å². The van der Waals surface area contributed by atoms with Crippen LogP contribution in [-0.2, 0) is 6.18 Å². The number of halogens is 5. The molecule has 1 aromatic rings. The van der Waals surface area contributed by atoms with E-state index in [0.29, 0.717) is 6.42 Å². The fraction of sp³-hybridized carbons (Fsp3) is 0.647. The highest BCUT2D eigenvalue weighted by atomic mass is 35.5. The Morgan fingerprint density at radius 1 is 1.17 bits per heavy atom. The molecule has 7 heteroatoms. The molecule has 0 spiro atoms. The van der Waals surface area contributed by atoms with E-state index in [1.165, 1.54) is 12.1 Å². The van der Waals surface area contributed by atoms with E-state index in [1.807, 2.05) is 0 Å². The maximum Gasteiger partial charge on any atom is 0.419 e. The molecule has 1 atom stereocenters. The van der Waals surface area contributed by atoms with E-state index < -0.39 is 17.6 Å². The van der Waals surface area contributed by atoms with E-state index in [4.69, 9.17) is 0 Å². The maximum atomic E-state index is 14.5. The molecule has 1 saturated heterocycles. The molecule has 1 fully saturated rings. The zero-order valence-corrected chi connectivity index (χ0v) is 14.7. The van der Waals surface area contributed by atoms with Crippen molar-refractivity contribution in [3.8, 4) is 0 Å². The Morgan fingerprint density at radius 2 is 1.83 bits per heavy atom. The highest BCUT2D eigenvalue weighted by Crippen LogP contribution is 2.36. The number of hydrogen-bond donors (Lipinski definition) is 1. The SMILES string of the molecule is CCCCC[C@H](c1cccc(C(F)(F)F)c1F)N1CCNCC1.Cl. The van der Waals surface area contributed by atoms with Crippen molar-refractivity contribution in [3.63, 3.8) is 0 Å². The minimum atomic E-state index is -4.66. The fourth-order valence-electron chi connectivity index (χ4n) is 3.14. The van der Waals surface area contributed by atoms with Gasteiger partial charge in [-0.15, -0.1) is 12.4 Å². The quantitative estimate of drug-likeness (QED) is 0.573. The number of alkyl halides is 3. The molecule has 1 aliphatic rings. The lowest BCUT2D eigenvalue weighted by molar-refractivity contribution is -0.140. The molecule has 1 N–H and O–H groups in total. The molecule has 1 heterocycles. The summed E-state index contributed by atoms with van der Waals surface area (Å²) in [5.41, 5.74) is -0.983. The Hall–Kier alpha value is -0.850. The van der Waals surface area contributed by atoms with Gasteiger partial charge in [-0.3, -0.25) is 4.90 Å². The first-order chi connectivity index (χ1) is 10.9. The number of rotatable bonds is 6. The molecule has 0 saturated carbocycles. The van der Waals surface area contributed by atoms with Crippen LogP contribution in [-0.4, -0.2) is 31.1 Å². The van der Waals surface area contributed by atoms with Gasteiger partial charge in [0.15, 0.2) is 0 Å². The monoisotopic (exact) mass is 368 g/mol. The van der Waals surface area contributed by atoms with Crippen molar-refractivity contribution in [1.29, 1.82) is 0 Å². The van der Waals surface area contributed by atoms with Gasteiger partial charge in [-0.1, -0.05) is 38.3 Å².